The summed E-state index contributed by atoms with van der Waals surface area (Å²) in [4.78, 5) is 11.9. The number of fused-ring (bicyclic) bond motifs is 1. The smallest absolute Gasteiger partial charge is 0.345 e. The van der Waals surface area contributed by atoms with E-state index in [4.69, 9.17) is 9.47 Å². The van der Waals surface area contributed by atoms with E-state index in [1.807, 2.05) is 0 Å². The third kappa shape index (κ3) is 1.82. The van der Waals surface area contributed by atoms with Gasteiger partial charge in [-0.3, -0.25) is 4.68 Å². The highest BCUT2D eigenvalue weighted by molar-refractivity contribution is 5.91. The van der Waals surface area contributed by atoms with E-state index in [-0.39, 0.29) is 5.97 Å². The zero-order valence-corrected chi connectivity index (χ0v) is 12.7. The summed E-state index contributed by atoms with van der Waals surface area (Å²) in [6.07, 6.45) is 8.46. The molecule has 3 fully saturated rings. The van der Waals surface area contributed by atoms with Gasteiger partial charge in [-0.1, -0.05) is 0 Å². The van der Waals surface area contributed by atoms with Crippen LogP contribution < -0.4 is 4.74 Å². The van der Waals surface area contributed by atoms with Crippen molar-refractivity contribution in [2.75, 3.05) is 13.2 Å². The van der Waals surface area contributed by atoms with Gasteiger partial charge in [0.05, 0.1) is 13.2 Å². The van der Waals surface area contributed by atoms with Gasteiger partial charge in [-0.2, -0.15) is 0 Å². The van der Waals surface area contributed by atoms with Crippen molar-refractivity contribution in [1.82, 2.24) is 9.78 Å². The van der Waals surface area contributed by atoms with Crippen molar-refractivity contribution in [1.29, 1.82) is 0 Å². The number of carbonyl (C=O) groups is 1. The molecule has 0 atom stereocenters. The highest BCUT2D eigenvalue weighted by atomic mass is 16.5. The molecule has 5 nitrogen and oxygen atoms in total. The molecule has 5 heteroatoms. The first-order valence-electron chi connectivity index (χ1n) is 7.96. The van der Waals surface area contributed by atoms with E-state index in [0.29, 0.717) is 35.5 Å². The molecule has 1 aromatic heterocycles. The number of ether oxygens (including phenoxy) is 2. The number of carbonyl (C=O) groups excluding carboxylic acids is 1. The summed E-state index contributed by atoms with van der Waals surface area (Å²) < 4.78 is 12.4. The molecule has 0 bridgehead atoms. The molecule has 0 amide bonds. The Bertz CT molecular complexity index is 566. The Hall–Kier alpha value is -1.52. The molecule has 0 saturated heterocycles. The third-order valence-electron chi connectivity index (χ3n) is 5.76. The van der Waals surface area contributed by atoms with Crippen molar-refractivity contribution in [3.05, 3.63) is 11.8 Å². The maximum atomic E-state index is 11.9. The van der Waals surface area contributed by atoms with Crippen LogP contribution in [-0.2, 0) is 11.8 Å². The predicted molar refractivity (Wildman–Crippen MR) is 76.1 cm³/mol. The van der Waals surface area contributed by atoms with E-state index < -0.39 is 0 Å². The van der Waals surface area contributed by atoms with Gasteiger partial charge in [0.1, 0.15) is 5.56 Å². The topological polar surface area (TPSA) is 53.4 Å². The van der Waals surface area contributed by atoms with E-state index in [0.717, 1.165) is 12.3 Å². The molecule has 0 aliphatic heterocycles. The maximum Gasteiger partial charge on any atom is 0.345 e. The zero-order chi connectivity index (χ0) is 14.7. The average molecular weight is 290 g/mol. The van der Waals surface area contributed by atoms with Crippen molar-refractivity contribution in [3.8, 4) is 5.88 Å². The molecule has 2 spiro atoms. The summed E-state index contributed by atoms with van der Waals surface area (Å²) >= 11 is 0. The van der Waals surface area contributed by atoms with Gasteiger partial charge in [0.25, 0.3) is 0 Å². The molecule has 0 N–H and O–H groups in total. The largest absolute Gasteiger partial charge is 0.476 e. The van der Waals surface area contributed by atoms with Gasteiger partial charge in [0.2, 0.25) is 5.88 Å². The van der Waals surface area contributed by atoms with Crippen LogP contribution in [-0.4, -0.2) is 29.0 Å². The number of nitrogens with zero attached hydrogens (tertiary/aromatic N) is 2. The highest BCUT2D eigenvalue weighted by Gasteiger charge is 2.85. The fourth-order valence-electron chi connectivity index (χ4n) is 4.55. The van der Waals surface area contributed by atoms with Gasteiger partial charge in [0.15, 0.2) is 0 Å². The first-order valence-corrected chi connectivity index (χ1v) is 7.96. The Kier molecular flexibility index (Phi) is 2.66. The Balaban J connectivity index is 1.36. The molecule has 114 valence electrons. The Morgan fingerprint density at radius 2 is 2.05 bits per heavy atom. The van der Waals surface area contributed by atoms with Crippen LogP contribution in [0.5, 0.6) is 5.88 Å². The Morgan fingerprint density at radius 3 is 2.62 bits per heavy atom. The Labute approximate surface area is 124 Å². The minimum atomic E-state index is -0.357. The third-order valence-corrected chi connectivity index (χ3v) is 5.76. The molecule has 3 aliphatic rings. The van der Waals surface area contributed by atoms with Crippen LogP contribution in [0.15, 0.2) is 6.20 Å². The summed E-state index contributed by atoms with van der Waals surface area (Å²) in [6, 6.07) is 0. The minimum absolute atomic E-state index is 0.357. The van der Waals surface area contributed by atoms with Gasteiger partial charge < -0.3 is 9.47 Å². The number of hydrogen-bond donors (Lipinski definition) is 0. The second-order valence-electron chi connectivity index (χ2n) is 6.74. The fraction of sp³-hybridized carbons (Fsp3) is 0.750. The molecular weight excluding hydrogens is 268 g/mol. The van der Waals surface area contributed by atoms with Crippen LogP contribution in [0, 0.1) is 16.7 Å². The van der Waals surface area contributed by atoms with Crippen LogP contribution in [0.1, 0.15) is 49.4 Å². The molecule has 0 radical (unpaired) electrons. The first-order chi connectivity index (χ1) is 10.1. The summed E-state index contributed by atoms with van der Waals surface area (Å²) in [7, 11) is 1.79. The lowest BCUT2D eigenvalue weighted by Crippen LogP contribution is -2.08. The van der Waals surface area contributed by atoms with Crippen molar-refractivity contribution < 1.29 is 14.3 Å². The highest BCUT2D eigenvalue weighted by Crippen LogP contribution is 2.93. The monoisotopic (exact) mass is 290 g/mol. The van der Waals surface area contributed by atoms with Gasteiger partial charge >= 0.3 is 5.97 Å². The molecular formula is C16H22N2O3. The van der Waals surface area contributed by atoms with Gasteiger partial charge in [0, 0.05) is 13.2 Å². The normalized spacial score (nSPS) is 23.3. The zero-order valence-electron chi connectivity index (χ0n) is 12.7. The van der Waals surface area contributed by atoms with Crippen molar-refractivity contribution in [2.45, 2.75) is 39.0 Å². The lowest BCUT2D eigenvalue weighted by atomic mass is 10.2. The lowest BCUT2D eigenvalue weighted by molar-refractivity contribution is 0.0521. The number of rotatable bonds is 6. The summed E-state index contributed by atoms with van der Waals surface area (Å²) in [6.45, 7) is 2.81. The molecule has 0 unspecified atom stereocenters. The van der Waals surface area contributed by atoms with Crippen LogP contribution in [0.4, 0.5) is 0 Å². The summed E-state index contributed by atoms with van der Waals surface area (Å²) in [5, 5.41) is 4.23. The molecule has 1 aromatic rings. The fourth-order valence-corrected chi connectivity index (χ4v) is 4.55. The van der Waals surface area contributed by atoms with Crippen LogP contribution in [0.2, 0.25) is 0 Å². The van der Waals surface area contributed by atoms with Gasteiger partial charge in [-0.25, -0.2) is 4.79 Å². The second-order valence-corrected chi connectivity index (χ2v) is 6.74. The van der Waals surface area contributed by atoms with Crippen molar-refractivity contribution >= 4 is 5.97 Å². The molecule has 1 heterocycles. The number of esters is 1. The lowest BCUT2D eigenvalue weighted by Gasteiger charge is -2.05. The average Bonchev–Trinajstić information content (AvgIpc) is 3.37. The van der Waals surface area contributed by atoms with Gasteiger partial charge in [-0.05, 0) is 55.8 Å². The SMILES string of the molecule is CCOC(=O)c1cn(C)nc1OCCC1C2(CC2)C12CC2. The van der Waals surface area contributed by atoms with Crippen LogP contribution in [0.3, 0.4) is 0 Å². The maximum absolute atomic E-state index is 11.9. The molecule has 3 saturated carbocycles. The van der Waals surface area contributed by atoms with Crippen molar-refractivity contribution in [3.63, 3.8) is 0 Å². The number of aryl methyl sites for hydroxylation is 1. The minimum Gasteiger partial charge on any atom is -0.476 e. The predicted octanol–water partition coefficient (Wildman–Crippen LogP) is 2.56. The number of hydrogen-bond acceptors (Lipinski definition) is 4. The summed E-state index contributed by atoms with van der Waals surface area (Å²) in [5.74, 6) is 0.912. The molecule has 21 heavy (non-hydrogen) atoms. The quantitative estimate of drug-likeness (QED) is 0.756. The van der Waals surface area contributed by atoms with Gasteiger partial charge in [-0.15, -0.1) is 5.10 Å². The second kappa shape index (κ2) is 4.24. The molecule has 4 rings (SSSR count). The molecule has 3 aliphatic carbocycles. The van der Waals surface area contributed by atoms with E-state index >= 15 is 0 Å². The van der Waals surface area contributed by atoms with Crippen molar-refractivity contribution in [2.24, 2.45) is 23.8 Å². The van der Waals surface area contributed by atoms with Crippen LogP contribution in [0.25, 0.3) is 0 Å². The Morgan fingerprint density at radius 1 is 1.38 bits per heavy atom. The van der Waals surface area contributed by atoms with E-state index in [1.54, 1.807) is 24.9 Å². The molecule has 0 aromatic carbocycles. The van der Waals surface area contributed by atoms with E-state index in [9.17, 15) is 4.79 Å². The standard InChI is InChI=1S/C16H22N2O3/c1-3-20-14(19)11-10-18(2)17-13(11)21-9-4-12-15(5-6-15)16(12)7-8-16/h10,12H,3-9H2,1-2H3. The first kappa shape index (κ1) is 13.2. The summed E-state index contributed by atoms with van der Waals surface area (Å²) in [5.41, 5.74) is 1.85. The number of aromatic nitrogens is 2. The van der Waals surface area contributed by atoms with Crippen LogP contribution >= 0.6 is 0 Å². The van der Waals surface area contributed by atoms with E-state index in [2.05, 4.69) is 5.10 Å². The van der Waals surface area contributed by atoms with E-state index in [1.165, 1.54) is 25.7 Å².